The highest BCUT2D eigenvalue weighted by Gasteiger charge is 2.49. The molecular weight excluding hydrogens is 248 g/mol. The molecule has 3 fully saturated rings. The summed E-state index contributed by atoms with van der Waals surface area (Å²) >= 11 is 0. The van der Waals surface area contributed by atoms with E-state index >= 15 is 0 Å². The summed E-state index contributed by atoms with van der Waals surface area (Å²) in [4.78, 5) is 14.4. The molecule has 0 aromatic heterocycles. The number of hydrogen-bond acceptors (Lipinski definition) is 2. The van der Waals surface area contributed by atoms with Crippen LogP contribution in [0.3, 0.4) is 0 Å². The number of carbonyl (C=O) groups is 1. The molecule has 0 spiro atoms. The van der Waals surface area contributed by atoms with Gasteiger partial charge in [0, 0.05) is 19.6 Å². The van der Waals surface area contributed by atoms with Gasteiger partial charge in [-0.05, 0) is 49.9 Å². The summed E-state index contributed by atoms with van der Waals surface area (Å²) in [7, 11) is 1.97. The van der Waals surface area contributed by atoms with Crippen molar-refractivity contribution in [3.63, 3.8) is 0 Å². The lowest BCUT2D eigenvalue weighted by atomic mass is 9.82. The second-order valence-corrected chi connectivity index (χ2v) is 6.45. The van der Waals surface area contributed by atoms with Gasteiger partial charge in [-0.1, -0.05) is 6.42 Å². The molecule has 1 amide bonds. The second kappa shape index (κ2) is 5.38. The van der Waals surface area contributed by atoms with Crippen LogP contribution in [0.2, 0.25) is 0 Å². The average molecular weight is 273 g/mol. The molecule has 0 aromatic rings. The van der Waals surface area contributed by atoms with Crippen LogP contribution in [0.15, 0.2) is 0 Å². The van der Waals surface area contributed by atoms with E-state index in [0.717, 1.165) is 12.5 Å². The van der Waals surface area contributed by atoms with Crippen LogP contribution >= 0.6 is 12.4 Å². The first kappa shape index (κ1) is 14.1. The van der Waals surface area contributed by atoms with Gasteiger partial charge in [0.2, 0.25) is 5.91 Å². The summed E-state index contributed by atoms with van der Waals surface area (Å²) in [6.45, 7) is 0.958. The molecule has 18 heavy (non-hydrogen) atoms. The van der Waals surface area contributed by atoms with Crippen molar-refractivity contribution in [1.29, 1.82) is 0 Å². The van der Waals surface area contributed by atoms with E-state index in [0.29, 0.717) is 17.7 Å². The van der Waals surface area contributed by atoms with Crippen molar-refractivity contribution in [1.82, 2.24) is 4.90 Å². The van der Waals surface area contributed by atoms with Gasteiger partial charge < -0.3 is 10.6 Å². The minimum Gasteiger partial charge on any atom is -0.345 e. The first-order chi connectivity index (χ1) is 8.16. The monoisotopic (exact) mass is 272 g/mol. The molecule has 3 rings (SSSR count). The second-order valence-electron chi connectivity index (χ2n) is 6.45. The lowest BCUT2D eigenvalue weighted by molar-refractivity contribution is -0.137. The topological polar surface area (TPSA) is 46.3 Å². The Morgan fingerprint density at radius 3 is 2.39 bits per heavy atom. The molecule has 4 atom stereocenters. The predicted molar refractivity (Wildman–Crippen MR) is 74.5 cm³/mol. The summed E-state index contributed by atoms with van der Waals surface area (Å²) in [6, 6.07) is 0.144. The lowest BCUT2D eigenvalue weighted by Crippen LogP contribution is -2.47. The standard InChI is InChI=1S/C14H24N2O.ClH/c1-16(8-9-3-2-4-9)14(17)12-10-5-6-11(7-10)13(12)15;/h9-13H,2-8,15H2,1H3;1H. The molecule has 3 nitrogen and oxygen atoms in total. The molecule has 2 N–H and O–H groups in total. The molecule has 2 bridgehead atoms. The summed E-state index contributed by atoms with van der Waals surface area (Å²) in [5.41, 5.74) is 6.23. The zero-order valence-corrected chi connectivity index (χ0v) is 12.0. The van der Waals surface area contributed by atoms with Gasteiger partial charge in [0.1, 0.15) is 0 Å². The molecule has 3 aliphatic carbocycles. The molecule has 104 valence electrons. The number of nitrogens with two attached hydrogens (primary N) is 1. The van der Waals surface area contributed by atoms with E-state index in [1.54, 1.807) is 0 Å². The summed E-state index contributed by atoms with van der Waals surface area (Å²) < 4.78 is 0. The first-order valence-corrected chi connectivity index (χ1v) is 7.17. The molecule has 0 saturated heterocycles. The SMILES string of the molecule is CN(CC1CCC1)C(=O)C1C2CCC(C2)C1N.Cl. The number of hydrogen-bond donors (Lipinski definition) is 1. The number of nitrogens with zero attached hydrogens (tertiary/aromatic N) is 1. The number of carbonyl (C=O) groups excluding carboxylic acids is 1. The van der Waals surface area contributed by atoms with Crippen LogP contribution in [0.1, 0.15) is 38.5 Å². The molecule has 0 aromatic carbocycles. The minimum atomic E-state index is 0. The fourth-order valence-electron chi connectivity index (χ4n) is 4.11. The van der Waals surface area contributed by atoms with Gasteiger partial charge in [0.05, 0.1) is 5.92 Å². The molecule has 0 aliphatic heterocycles. The van der Waals surface area contributed by atoms with Gasteiger partial charge in [-0.25, -0.2) is 0 Å². The number of fused-ring (bicyclic) bond motifs is 2. The van der Waals surface area contributed by atoms with E-state index in [4.69, 9.17) is 5.73 Å². The van der Waals surface area contributed by atoms with Crippen molar-refractivity contribution in [2.75, 3.05) is 13.6 Å². The largest absolute Gasteiger partial charge is 0.345 e. The Bertz CT molecular complexity index is 317. The van der Waals surface area contributed by atoms with E-state index in [1.165, 1.54) is 38.5 Å². The Morgan fingerprint density at radius 2 is 1.89 bits per heavy atom. The van der Waals surface area contributed by atoms with Crippen LogP contribution in [0.4, 0.5) is 0 Å². The van der Waals surface area contributed by atoms with Crippen LogP contribution in [-0.2, 0) is 4.79 Å². The van der Waals surface area contributed by atoms with Gasteiger partial charge in [-0.15, -0.1) is 12.4 Å². The quantitative estimate of drug-likeness (QED) is 0.855. The third-order valence-corrected chi connectivity index (χ3v) is 5.40. The number of amides is 1. The van der Waals surface area contributed by atoms with Crippen molar-refractivity contribution in [2.45, 2.75) is 44.6 Å². The molecule has 4 unspecified atom stereocenters. The Hall–Kier alpha value is -0.280. The number of rotatable bonds is 3. The van der Waals surface area contributed by atoms with Gasteiger partial charge in [0.15, 0.2) is 0 Å². The third-order valence-electron chi connectivity index (χ3n) is 5.40. The predicted octanol–water partition coefficient (Wildman–Crippen LogP) is 2.04. The van der Waals surface area contributed by atoms with E-state index in [1.807, 2.05) is 11.9 Å². The fourth-order valence-corrected chi connectivity index (χ4v) is 4.11. The van der Waals surface area contributed by atoms with E-state index in [-0.39, 0.29) is 24.4 Å². The Morgan fingerprint density at radius 1 is 1.22 bits per heavy atom. The van der Waals surface area contributed by atoms with E-state index in [9.17, 15) is 4.79 Å². The molecule has 3 aliphatic rings. The molecular formula is C14H25ClN2O. The van der Waals surface area contributed by atoms with Gasteiger partial charge in [-0.2, -0.15) is 0 Å². The van der Waals surface area contributed by atoms with E-state index in [2.05, 4.69) is 0 Å². The van der Waals surface area contributed by atoms with E-state index < -0.39 is 0 Å². The molecule has 0 radical (unpaired) electrons. The maximum Gasteiger partial charge on any atom is 0.227 e. The van der Waals surface area contributed by atoms with Crippen molar-refractivity contribution in [3.8, 4) is 0 Å². The summed E-state index contributed by atoms with van der Waals surface area (Å²) in [5.74, 6) is 2.45. The highest BCUT2D eigenvalue weighted by Crippen LogP contribution is 2.48. The Kier molecular flexibility index (Phi) is 4.22. The third kappa shape index (κ3) is 2.27. The zero-order valence-electron chi connectivity index (χ0n) is 11.2. The van der Waals surface area contributed by atoms with Gasteiger partial charge in [-0.3, -0.25) is 4.79 Å². The van der Waals surface area contributed by atoms with Crippen LogP contribution < -0.4 is 5.73 Å². The molecule has 3 saturated carbocycles. The average Bonchev–Trinajstić information content (AvgIpc) is 2.82. The lowest BCUT2D eigenvalue weighted by Gasteiger charge is -2.34. The molecule has 4 heteroatoms. The normalized spacial score (nSPS) is 38.1. The fraction of sp³-hybridized carbons (Fsp3) is 0.929. The van der Waals surface area contributed by atoms with Gasteiger partial charge in [0.25, 0.3) is 0 Å². The Balaban J connectivity index is 0.00000120. The highest BCUT2D eigenvalue weighted by molar-refractivity contribution is 5.85. The maximum atomic E-state index is 12.5. The zero-order chi connectivity index (χ0) is 12.0. The highest BCUT2D eigenvalue weighted by atomic mass is 35.5. The van der Waals surface area contributed by atoms with Crippen molar-refractivity contribution in [3.05, 3.63) is 0 Å². The first-order valence-electron chi connectivity index (χ1n) is 7.17. The number of halogens is 1. The van der Waals surface area contributed by atoms with Crippen LogP contribution in [0.25, 0.3) is 0 Å². The van der Waals surface area contributed by atoms with Crippen molar-refractivity contribution < 1.29 is 4.79 Å². The van der Waals surface area contributed by atoms with Crippen LogP contribution in [0.5, 0.6) is 0 Å². The van der Waals surface area contributed by atoms with Crippen LogP contribution in [-0.4, -0.2) is 30.4 Å². The summed E-state index contributed by atoms with van der Waals surface area (Å²) in [5, 5.41) is 0. The molecule has 0 heterocycles. The minimum absolute atomic E-state index is 0. The van der Waals surface area contributed by atoms with Crippen LogP contribution in [0, 0.1) is 23.7 Å². The Labute approximate surface area is 116 Å². The van der Waals surface area contributed by atoms with Crippen molar-refractivity contribution in [2.24, 2.45) is 29.4 Å². The van der Waals surface area contributed by atoms with Gasteiger partial charge >= 0.3 is 0 Å². The maximum absolute atomic E-state index is 12.5. The van der Waals surface area contributed by atoms with Crippen molar-refractivity contribution >= 4 is 18.3 Å². The summed E-state index contributed by atoms with van der Waals surface area (Å²) in [6.07, 6.45) is 7.64. The smallest absolute Gasteiger partial charge is 0.227 e.